The third kappa shape index (κ3) is 3.43. The molecule has 0 spiro atoms. The summed E-state index contributed by atoms with van der Waals surface area (Å²) >= 11 is 5.91. The van der Waals surface area contributed by atoms with Crippen molar-refractivity contribution in [2.75, 3.05) is 6.54 Å². The summed E-state index contributed by atoms with van der Waals surface area (Å²) in [4.78, 5) is 19.5. The summed E-state index contributed by atoms with van der Waals surface area (Å²) in [5.74, 6) is 2.28. The minimum atomic E-state index is -1.00. The van der Waals surface area contributed by atoms with Crippen molar-refractivity contribution in [2.45, 2.75) is 57.1 Å². The maximum Gasteiger partial charge on any atom is 0.266 e. The van der Waals surface area contributed by atoms with Gasteiger partial charge in [0.1, 0.15) is 11.8 Å². The largest absolute Gasteiger partial charge is 0.478 e. The molecular weight excluding hydrogens is 354 g/mol. The van der Waals surface area contributed by atoms with Gasteiger partial charge in [-0.1, -0.05) is 16.8 Å². The molecule has 0 bridgehead atoms. The third-order valence-electron chi connectivity index (χ3n) is 4.90. The molecule has 1 unspecified atom stereocenters. The molecule has 26 heavy (non-hydrogen) atoms. The van der Waals surface area contributed by atoms with E-state index >= 15 is 0 Å². The van der Waals surface area contributed by atoms with E-state index in [0.717, 1.165) is 31.5 Å². The van der Waals surface area contributed by atoms with Crippen LogP contribution < -0.4 is 4.74 Å². The second-order valence-electron chi connectivity index (χ2n) is 7.49. The molecule has 6 nitrogen and oxygen atoms in total. The fourth-order valence-electron chi connectivity index (χ4n) is 3.34. The van der Waals surface area contributed by atoms with Gasteiger partial charge in [0.25, 0.3) is 5.91 Å². The Morgan fingerprint density at radius 2 is 2.00 bits per heavy atom. The van der Waals surface area contributed by atoms with E-state index in [9.17, 15) is 4.79 Å². The van der Waals surface area contributed by atoms with Crippen molar-refractivity contribution in [3.8, 4) is 5.75 Å². The van der Waals surface area contributed by atoms with E-state index in [-0.39, 0.29) is 11.9 Å². The summed E-state index contributed by atoms with van der Waals surface area (Å²) in [5.41, 5.74) is -1.00. The summed E-state index contributed by atoms with van der Waals surface area (Å²) in [6.07, 6.45) is 3.98. The van der Waals surface area contributed by atoms with Gasteiger partial charge in [-0.05, 0) is 63.8 Å². The fourth-order valence-corrected chi connectivity index (χ4v) is 3.47. The van der Waals surface area contributed by atoms with Crippen molar-refractivity contribution in [3.05, 3.63) is 41.0 Å². The minimum absolute atomic E-state index is 0.0823. The highest BCUT2D eigenvalue weighted by molar-refractivity contribution is 6.30. The zero-order chi connectivity index (χ0) is 18.3. The van der Waals surface area contributed by atoms with Crippen LogP contribution in [0.2, 0.25) is 5.02 Å². The molecule has 1 aromatic heterocycles. The van der Waals surface area contributed by atoms with E-state index in [2.05, 4.69) is 10.1 Å². The number of halogens is 1. The van der Waals surface area contributed by atoms with Gasteiger partial charge >= 0.3 is 0 Å². The van der Waals surface area contributed by atoms with E-state index < -0.39 is 5.60 Å². The van der Waals surface area contributed by atoms with Gasteiger partial charge in [-0.25, -0.2) is 0 Å². The smallest absolute Gasteiger partial charge is 0.266 e. The first-order valence-corrected chi connectivity index (χ1v) is 9.41. The lowest BCUT2D eigenvalue weighted by molar-refractivity contribution is -0.147. The molecule has 4 rings (SSSR count). The molecule has 2 aliphatic rings. The molecule has 0 N–H and O–H groups in total. The molecule has 2 fully saturated rings. The summed E-state index contributed by atoms with van der Waals surface area (Å²) in [6.45, 7) is 4.23. The van der Waals surface area contributed by atoms with Gasteiger partial charge in [0.2, 0.25) is 5.89 Å². The van der Waals surface area contributed by atoms with Crippen LogP contribution in [-0.2, 0) is 4.79 Å². The number of amides is 1. The molecular formula is C19H22ClN3O3. The Morgan fingerprint density at radius 1 is 1.27 bits per heavy atom. The number of aromatic nitrogens is 2. The Kier molecular flexibility index (Phi) is 4.39. The van der Waals surface area contributed by atoms with E-state index in [1.807, 2.05) is 0 Å². The molecule has 1 saturated carbocycles. The van der Waals surface area contributed by atoms with Crippen molar-refractivity contribution >= 4 is 17.5 Å². The van der Waals surface area contributed by atoms with Crippen LogP contribution >= 0.6 is 11.6 Å². The number of benzene rings is 1. The van der Waals surface area contributed by atoms with Crippen molar-refractivity contribution in [2.24, 2.45) is 0 Å². The summed E-state index contributed by atoms with van der Waals surface area (Å²) < 4.78 is 11.4. The molecule has 138 valence electrons. The predicted octanol–water partition coefficient (Wildman–Crippen LogP) is 4.12. The average Bonchev–Trinajstić information content (AvgIpc) is 3.15. The van der Waals surface area contributed by atoms with Crippen LogP contribution in [0.3, 0.4) is 0 Å². The number of nitrogens with zero attached hydrogens (tertiary/aromatic N) is 3. The second kappa shape index (κ2) is 6.58. The van der Waals surface area contributed by atoms with Gasteiger partial charge in [-0.2, -0.15) is 4.98 Å². The van der Waals surface area contributed by atoms with Crippen LogP contribution in [0.1, 0.15) is 63.2 Å². The summed E-state index contributed by atoms with van der Waals surface area (Å²) in [6, 6.07) is 6.84. The molecule has 1 amide bonds. The number of hydrogen-bond acceptors (Lipinski definition) is 5. The zero-order valence-corrected chi connectivity index (χ0v) is 15.7. The van der Waals surface area contributed by atoms with E-state index in [1.165, 1.54) is 0 Å². The zero-order valence-electron chi connectivity index (χ0n) is 14.9. The van der Waals surface area contributed by atoms with Gasteiger partial charge in [-0.15, -0.1) is 0 Å². The van der Waals surface area contributed by atoms with Crippen LogP contribution in [0.15, 0.2) is 28.8 Å². The molecule has 2 aromatic rings. The predicted molar refractivity (Wildman–Crippen MR) is 96.1 cm³/mol. The summed E-state index contributed by atoms with van der Waals surface area (Å²) in [5, 5.41) is 4.72. The first-order chi connectivity index (χ1) is 12.4. The SMILES string of the molecule is CC(C)(Oc1ccc(Cl)cc1)C(=O)N1CCCC1c1nc(C2CC2)no1. The molecule has 7 heteroatoms. The van der Waals surface area contributed by atoms with E-state index in [1.54, 1.807) is 43.0 Å². The lowest BCUT2D eigenvalue weighted by Gasteiger charge is -2.32. The van der Waals surface area contributed by atoms with Gasteiger partial charge < -0.3 is 14.2 Å². The van der Waals surface area contributed by atoms with E-state index in [0.29, 0.717) is 29.1 Å². The fraction of sp³-hybridized carbons (Fsp3) is 0.526. The highest BCUT2D eigenvalue weighted by Crippen LogP contribution is 2.40. The van der Waals surface area contributed by atoms with Gasteiger partial charge in [0.15, 0.2) is 11.4 Å². The number of carbonyl (C=O) groups excluding carboxylic acids is 1. The Morgan fingerprint density at radius 3 is 2.69 bits per heavy atom. The number of likely N-dealkylation sites (tertiary alicyclic amines) is 1. The number of carbonyl (C=O) groups is 1. The van der Waals surface area contributed by atoms with Gasteiger partial charge in [0, 0.05) is 17.5 Å². The van der Waals surface area contributed by atoms with Crippen molar-refractivity contribution in [1.82, 2.24) is 15.0 Å². The van der Waals surface area contributed by atoms with Crippen molar-refractivity contribution in [3.63, 3.8) is 0 Å². The summed E-state index contributed by atoms with van der Waals surface area (Å²) in [7, 11) is 0. The number of ether oxygens (including phenoxy) is 1. The van der Waals surface area contributed by atoms with Crippen LogP contribution in [-0.4, -0.2) is 33.1 Å². The van der Waals surface area contributed by atoms with Crippen LogP contribution in [0.25, 0.3) is 0 Å². The first kappa shape index (κ1) is 17.3. The molecule has 1 aliphatic carbocycles. The van der Waals surface area contributed by atoms with Crippen LogP contribution in [0, 0.1) is 0 Å². The molecule has 1 aliphatic heterocycles. The molecule has 1 saturated heterocycles. The molecule has 0 radical (unpaired) electrons. The highest BCUT2D eigenvalue weighted by atomic mass is 35.5. The minimum Gasteiger partial charge on any atom is -0.478 e. The quantitative estimate of drug-likeness (QED) is 0.786. The monoisotopic (exact) mass is 375 g/mol. The third-order valence-corrected chi connectivity index (χ3v) is 5.15. The van der Waals surface area contributed by atoms with Crippen molar-refractivity contribution in [1.29, 1.82) is 0 Å². The number of rotatable bonds is 5. The highest BCUT2D eigenvalue weighted by Gasteiger charge is 2.42. The molecule has 2 heterocycles. The Balaban J connectivity index is 1.50. The van der Waals surface area contributed by atoms with Crippen LogP contribution in [0.4, 0.5) is 0 Å². The Labute approximate surface area is 157 Å². The Bertz CT molecular complexity index is 799. The van der Waals surface area contributed by atoms with Gasteiger partial charge in [-0.3, -0.25) is 4.79 Å². The molecule has 1 atom stereocenters. The normalized spacial score (nSPS) is 20.4. The Hall–Kier alpha value is -2.08. The topological polar surface area (TPSA) is 68.5 Å². The van der Waals surface area contributed by atoms with Crippen molar-refractivity contribution < 1.29 is 14.1 Å². The number of hydrogen-bond donors (Lipinski definition) is 0. The first-order valence-electron chi connectivity index (χ1n) is 9.03. The molecule has 1 aromatic carbocycles. The standard InChI is InChI=1S/C19H22ClN3O3/c1-19(2,25-14-9-7-13(20)8-10-14)18(24)23-11-3-4-15(23)17-21-16(22-26-17)12-5-6-12/h7-10,12,15H,3-6,11H2,1-2H3. The maximum atomic E-state index is 13.2. The van der Waals surface area contributed by atoms with E-state index in [4.69, 9.17) is 20.9 Å². The lowest BCUT2D eigenvalue weighted by atomic mass is 10.1. The second-order valence-corrected chi connectivity index (χ2v) is 7.92. The van der Waals surface area contributed by atoms with Crippen LogP contribution in [0.5, 0.6) is 5.75 Å². The lowest BCUT2D eigenvalue weighted by Crippen LogP contribution is -2.48. The average molecular weight is 376 g/mol. The van der Waals surface area contributed by atoms with Gasteiger partial charge in [0.05, 0.1) is 0 Å². The maximum absolute atomic E-state index is 13.2.